The summed E-state index contributed by atoms with van der Waals surface area (Å²) in [5.41, 5.74) is 3.99. The standard InChI is InChI=1S/C27H35N3O/c1-23(20-24-8-4-2-5-9-24)21-28-14-12-26(13-15-28)27(31)30-18-16-29(17-19-30)22-25-10-6-3-7-11-25/h2-11,20,26H,12-19,21-22H2,1H3/b23-20+. The molecular weight excluding hydrogens is 382 g/mol. The van der Waals surface area contributed by atoms with Crippen molar-refractivity contribution >= 4 is 12.0 Å². The van der Waals surface area contributed by atoms with Crippen molar-refractivity contribution in [1.29, 1.82) is 0 Å². The molecule has 0 aromatic heterocycles. The van der Waals surface area contributed by atoms with Gasteiger partial charge in [0.05, 0.1) is 0 Å². The molecular formula is C27H35N3O. The number of carbonyl (C=O) groups excluding carboxylic acids is 1. The third-order valence-electron chi connectivity index (χ3n) is 6.56. The minimum atomic E-state index is 0.204. The molecule has 2 aromatic rings. The lowest BCUT2D eigenvalue weighted by Crippen LogP contribution is -2.51. The minimum absolute atomic E-state index is 0.204. The Morgan fingerprint density at radius 2 is 1.45 bits per heavy atom. The molecule has 4 nitrogen and oxygen atoms in total. The molecule has 2 aliphatic heterocycles. The lowest BCUT2D eigenvalue weighted by molar-refractivity contribution is -0.138. The molecule has 31 heavy (non-hydrogen) atoms. The molecule has 164 valence electrons. The van der Waals surface area contributed by atoms with Gasteiger partial charge in [-0.25, -0.2) is 0 Å². The molecule has 2 heterocycles. The van der Waals surface area contributed by atoms with E-state index in [9.17, 15) is 4.79 Å². The van der Waals surface area contributed by atoms with Crippen molar-refractivity contribution in [3.05, 3.63) is 77.4 Å². The Morgan fingerprint density at radius 3 is 2.10 bits per heavy atom. The second-order valence-electron chi connectivity index (χ2n) is 9.04. The van der Waals surface area contributed by atoms with Crippen LogP contribution in [-0.4, -0.2) is 66.4 Å². The number of hydrogen-bond acceptors (Lipinski definition) is 3. The number of benzene rings is 2. The van der Waals surface area contributed by atoms with Crippen LogP contribution in [0.2, 0.25) is 0 Å². The summed E-state index contributed by atoms with van der Waals surface area (Å²) in [4.78, 5) is 20.1. The Kier molecular flexibility index (Phi) is 7.55. The zero-order valence-corrected chi connectivity index (χ0v) is 18.7. The average molecular weight is 418 g/mol. The third kappa shape index (κ3) is 6.28. The van der Waals surface area contributed by atoms with E-state index in [-0.39, 0.29) is 5.92 Å². The Bertz CT molecular complexity index is 849. The summed E-state index contributed by atoms with van der Waals surface area (Å²) in [7, 11) is 0. The molecule has 0 bridgehead atoms. The number of piperazine rings is 1. The predicted octanol–water partition coefficient (Wildman–Crippen LogP) is 4.15. The first-order chi connectivity index (χ1) is 15.2. The molecule has 2 saturated heterocycles. The molecule has 2 aliphatic rings. The first kappa shape index (κ1) is 21.8. The Morgan fingerprint density at radius 1 is 0.839 bits per heavy atom. The first-order valence-corrected chi connectivity index (χ1v) is 11.7. The van der Waals surface area contributed by atoms with Gasteiger partial charge in [-0.05, 0) is 44.0 Å². The number of amides is 1. The summed E-state index contributed by atoms with van der Waals surface area (Å²) in [6.07, 6.45) is 4.25. The minimum Gasteiger partial charge on any atom is -0.340 e. The molecule has 4 rings (SSSR count). The average Bonchev–Trinajstić information content (AvgIpc) is 2.81. The lowest BCUT2D eigenvalue weighted by atomic mass is 9.94. The largest absolute Gasteiger partial charge is 0.340 e. The maximum atomic E-state index is 13.1. The van der Waals surface area contributed by atoms with Gasteiger partial charge >= 0.3 is 0 Å². The zero-order chi connectivity index (χ0) is 21.5. The highest BCUT2D eigenvalue weighted by Gasteiger charge is 2.30. The summed E-state index contributed by atoms with van der Waals surface area (Å²) < 4.78 is 0. The highest BCUT2D eigenvalue weighted by Crippen LogP contribution is 2.22. The normalized spacial score (nSPS) is 19.5. The van der Waals surface area contributed by atoms with Gasteiger partial charge in [0.15, 0.2) is 0 Å². The van der Waals surface area contributed by atoms with Crippen LogP contribution in [0.3, 0.4) is 0 Å². The van der Waals surface area contributed by atoms with Gasteiger partial charge in [-0.1, -0.05) is 72.3 Å². The summed E-state index contributed by atoms with van der Waals surface area (Å²) >= 11 is 0. The number of carbonyl (C=O) groups is 1. The van der Waals surface area contributed by atoms with Crippen molar-refractivity contribution in [2.45, 2.75) is 26.3 Å². The van der Waals surface area contributed by atoms with Crippen LogP contribution in [0.25, 0.3) is 6.08 Å². The van der Waals surface area contributed by atoms with Gasteiger partial charge in [0.25, 0.3) is 0 Å². The van der Waals surface area contributed by atoms with E-state index >= 15 is 0 Å². The lowest BCUT2D eigenvalue weighted by Gasteiger charge is -2.38. The molecule has 0 radical (unpaired) electrons. The SMILES string of the molecule is C/C(=C\c1ccccc1)CN1CCC(C(=O)N2CCN(Cc3ccccc3)CC2)CC1. The number of rotatable bonds is 6. The van der Waals surface area contributed by atoms with Gasteiger partial charge in [0.2, 0.25) is 5.91 Å². The van der Waals surface area contributed by atoms with Gasteiger partial charge in [-0.15, -0.1) is 0 Å². The van der Waals surface area contributed by atoms with E-state index in [0.29, 0.717) is 5.91 Å². The van der Waals surface area contributed by atoms with E-state index in [1.54, 1.807) is 0 Å². The van der Waals surface area contributed by atoms with Crippen LogP contribution < -0.4 is 0 Å². The summed E-state index contributed by atoms with van der Waals surface area (Å²) in [5, 5.41) is 0. The fourth-order valence-electron chi connectivity index (χ4n) is 4.80. The molecule has 4 heteroatoms. The van der Waals surface area contributed by atoms with Crippen molar-refractivity contribution < 1.29 is 4.79 Å². The smallest absolute Gasteiger partial charge is 0.225 e. The van der Waals surface area contributed by atoms with Gasteiger partial charge in [0, 0.05) is 45.2 Å². The molecule has 0 saturated carbocycles. The van der Waals surface area contributed by atoms with Gasteiger partial charge in [-0.2, -0.15) is 0 Å². The molecule has 1 amide bonds. The van der Waals surface area contributed by atoms with Crippen LogP contribution in [0.4, 0.5) is 0 Å². The topological polar surface area (TPSA) is 26.8 Å². The van der Waals surface area contributed by atoms with Crippen molar-refractivity contribution in [3.63, 3.8) is 0 Å². The molecule has 0 atom stereocenters. The highest BCUT2D eigenvalue weighted by molar-refractivity contribution is 5.79. The Hall–Kier alpha value is -2.43. The molecule has 0 N–H and O–H groups in total. The van der Waals surface area contributed by atoms with Gasteiger partial charge in [0.1, 0.15) is 0 Å². The zero-order valence-electron chi connectivity index (χ0n) is 18.7. The molecule has 2 aromatic carbocycles. The summed E-state index contributed by atoms with van der Waals surface area (Å²) in [6.45, 7) is 9.90. The molecule has 0 unspecified atom stereocenters. The van der Waals surface area contributed by atoms with Crippen LogP contribution in [0.1, 0.15) is 30.9 Å². The number of nitrogens with zero attached hydrogens (tertiary/aromatic N) is 3. The fourth-order valence-corrected chi connectivity index (χ4v) is 4.80. The van der Waals surface area contributed by atoms with E-state index in [0.717, 1.165) is 65.2 Å². The summed E-state index contributed by atoms with van der Waals surface area (Å²) in [5.74, 6) is 0.589. The first-order valence-electron chi connectivity index (χ1n) is 11.7. The van der Waals surface area contributed by atoms with Crippen LogP contribution >= 0.6 is 0 Å². The number of piperidine rings is 1. The predicted molar refractivity (Wildman–Crippen MR) is 128 cm³/mol. The van der Waals surface area contributed by atoms with Crippen molar-refractivity contribution in [1.82, 2.24) is 14.7 Å². The van der Waals surface area contributed by atoms with Crippen molar-refractivity contribution in [2.75, 3.05) is 45.8 Å². The molecule has 0 spiro atoms. The Labute approximate surface area is 187 Å². The number of likely N-dealkylation sites (tertiary alicyclic amines) is 1. The van der Waals surface area contributed by atoms with Crippen molar-refractivity contribution in [2.24, 2.45) is 5.92 Å². The third-order valence-corrected chi connectivity index (χ3v) is 6.56. The fraction of sp³-hybridized carbons (Fsp3) is 0.444. The Balaban J connectivity index is 1.19. The highest BCUT2D eigenvalue weighted by atomic mass is 16.2. The second-order valence-corrected chi connectivity index (χ2v) is 9.04. The monoisotopic (exact) mass is 417 g/mol. The maximum Gasteiger partial charge on any atom is 0.225 e. The molecule has 0 aliphatic carbocycles. The van der Waals surface area contributed by atoms with Crippen molar-refractivity contribution in [3.8, 4) is 0 Å². The van der Waals surface area contributed by atoms with Crippen LogP contribution in [0, 0.1) is 5.92 Å². The second kappa shape index (κ2) is 10.7. The number of hydrogen-bond donors (Lipinski definition) is 0. The molecule has 2 fully saturated rings. The van der Waals surface area contributed by atoms with Gasteiger partial charge < -0.3 is 4.90 Å². The van der Waals surface area contributed by atoms with Crippen LogP contribution in [0.5, 0.6) is 0 Å². The van der Waals surface area contributed by atoms with Crippen LogP contribution in [0.15, 0.2) is 66.2 Å². The van der Waals surface area contributed by atoms with Crippen LogP contribution in [-0.2, 0) is 11.3 Å². The van der Waals surface area contributed by atoms with E-state index in [2.05, 4.69) is 88.4 Å². The van der Waals surface area contributed by atoms with E-state index in [1.807, 2.05) is 0 Å². The van der Waals surface area contributed by atoms with E-state index < -0.39 is 0 Å². The quantitative estimate of drug-likeness (QED) is 0.707. The van der Waals surface area contributed by atoms with E-state index in [4.69, 9.17) is 0 Å². The van der Waals surface area contributed by atoms with E-state index in [1.165, 1.54) is 16.7 Å². The summed E-state index contributed by atoms with van der Waals surface area (Å²) in [6, 6.07) is 21.1. The van der Waals surface area contributed by atoms with Gasteiger partial charge in [-0.3, -0.25) is 14.6 Å². The maximum absolute atomic E-state index is 13.1.